The molecule has 1 aromatic heterocycles. The van der Waals surface area contributed by atoms with E-state index < -0.39 is 5.60 Å². The Balaban J connectivity index is 1.90. The lowest BCUT2D eigenvalue weighted by atomic mass is 9.79. The zero-order chi connectivity index (χ0) is 13.9. The van der Waals surface area contributed by atoms with E-state index in [-0.39, 0.29) is 5.91 Å². The van der Waals surface area contributed by atoms with E-state index in [1.165, 1.54) is 0 Å². The van der Waals surface area contributed by atoms with E-state index in [0.29, 0.717) is 23.8 Å². The molecule has 0 spiro atoms. The first-order valence-electron chi connectivity index (χ1n) is 6.86. The largest absolute Gasteiger partial charge is 0.388 e. The van der Waals surface area contributed by atoms with Gasteiger partial charge in [-0.3, -0.25) is 4.79 Å². The Bertz CT molecular complexity index is 439. The van der Waals surface area contributed by atoms with Crippen molar-refractivity contribution in [1.29, 1.82) is 0 Å². The molecule has 0 unspecified atom stereocenters. The normalized spacial score (nSPS) is 27.2. The van der Waals surface area contributed by atoms with Crippen molar-refractivity contribution in [1.82, 2.24) is 14.9 Å². The molecule has 0 aromatic carbocycles. The number of aryl methyl sites for hydroxylation is 1. The van der Waals surface area contributed by atoms with Crippen LogP contribution in [0.25, 0.3) is 0 Å². The van der Waals surface area contributed by atoms with Crippen LogP contribution in [0.1, 0.15) is 54.9 Å². The van der Waals surface area contributed by atoms with E-state index in [1.54, 1.807) is 0 Å². The van der Waals surface area contributed by atoms with Crippen LogP contribution in [0.15, 0.2) is 0 Å². The fourth-order valence-electron chi connectivity index (χ4n) is 2.41. The third-order valence-corrected chi connectivity index (χ3v) is 4.65. The lowest BCUT2D eigenvalue weighted by Gasteiger charge is -2.34. The van der Waals surface area contributed by atoms with Gasteiger partial charge in [0, 0.05) is 6.54 Å². The zero-order valence-corrected chi connectivity index (χ0v) is 12.3. The van der Waals surface area contributed by atoms with Gasteiger partial charge in [-0.2, -0.15) is 0 Å². The van der Waals surface area contributed by atoms with Crippen molar-refractivity contribution in [3.05, 3.63) is 10.6 Å². The van der Waals surface area contributed by atoms with Crippen LogP contribution in [0.4, 0.5) is 0 Å². The van der Waals surface area contributed by atoms with Gasteiger partial charge in [-0.15, -0.1) is 5.10 Å². The van der Waals surface area contributed by atoms with Gasteiger partial charge < -0.3 is 10.4 Å². The lowest BCUT2D eigenvalue weighted by Crippen LogP contribution is -2.45. The summed E-state index contributed by atoms with van der Waals surface area (Å²) in [6.07, 6.45) is 4.26. The predicted molar refractivity (Wildman–Crippen MR) is 74.2 cm³/mol. The third kappa shape index (κ3) is 3.51. The molecule has 1 heterocycles. The van der Waals surface area contributed by atoms with E-state index in [1.807, 2.05) is 6.92 Å². The Kier molecular flexibility index (Phi) is 4.52. The first-order chi connectivity index (χ1) is 9.04. The second-order valence-electron chi connectivity index (χ2n) is 5.49. The first kappa shape index (κ1) is 14.4. The van der Waals surface area contributed by atoms with Crippen LogP contribution in [0.2, 0.25) is 0 Å². The molecule has 19 heavy (non-hydrogen) atoms. The van der Waals surface area contributed by atoms with Crippen LogP contribution in [-0.2, 0) is 6.42 Å². The fourth-order valence-corrected chi connectivity index (χ4v) is 3.08. The number of rotatable bonds is 4. The first-order valence-corrected chi connectivity index (χ1v) is 7.63. The molecular formula is C13H21N3O2S. The number of amides is 1. The molecule has 0 atom stereocenters. The number of aliphatic hydroxyl groups is 1. The quantitative estimate of drug-likeness (QED) is 0.883. The molecule has 6 heteroatoms. The minimum Gasteiger partial charge on any atom is -0.388 e. The number of carbonyl (C=O) groups excluding carboxylic acids is 1. The summed E-state index contributed by atoms with van der Waals surface area (Å²) in [4.78, 5) is 12.6. The molecule has 1 amide bonds. The lowest BCUT2D eigenvalue weighted by molar-refractivity contribution is -0.00537. The Morgan fingerprint density at radius 1 is 1.53 bits per heavy atom. The monoisotopic (exact) mass is 283 g/mol. The third-order valence-electron chi connectivity index (χ3n) is 3.88. The zero-order valence-electron chi connectivity index (χ0n) is 11.5. The van der Waals surface area contributed by atoms with E-state index in [2.05, 4.69) is 21.8 Å². The SMILES string of the molecule is CCc1nnsc1C(=O)NCC1(O)CCC(C)CC1. The summed E-state index contributed by atoms with van der Waals surface area (Å²) < 4.78 is 3.80. The van der Waals surface area contributed by atoms with Gasteiger partial charge >= 0.3 is 0 Å². The van der Waals surface area contributed by atoms with Crippen molar-refractivity contribution < 1.29 is 9.90 Å². The van der Waals surface area contributed by atoms with E-state index in [9.17, 15) is 9.90 Å². The molecule has 5 nitrogen and oxygen atoms in total. The van der Waals surface area contributed by atoms with Crippen molar-refractivity contribution in [2.75, 3.05) is 6.54 Å². The number of carbonyl (C=O) groups is 1. The van der Waals surface area contributed by atoms with Gasteiger partial charge in [0.05, 0.1) is 11.3 Å². The summed E-state index contributed by atoms with van der Waals surface area (Å²) in [6.45, 7) is 4.47. The Labute approximate surface area is 117 Å². The molecule has 1 aromatic rings. The smallest absolute Gasteiger partial charge is 0.265 e. The molecule has 1 fully saturated rings. The van der Waals surface area contributed by atoms with Crippen molar-refractivity contribution in [2.24, 2.45) is 5.92 Å². The second kappa shape index (κ2) is 5.96. The summed E-state index contributed by atoms with van der Waals surface area (Å²) in [7, 11) is 0. The maximum absolute atomic E-state index is 12.0. The molecule has 2 N–H and O–H groups in total. The number of nitrogens with one attached hydrogen (secondary N) is 1. The highest BCUT2D eigenvalue weighted by molar-refractivity contribution is 7.08. The summed E-state index contributed by atoms with van der Waals surface area (Å²) >= 11 is 1.11. The van der Waals surface area contributed by atoms with Gasteiger partial charge in [-0.1, -0.05) is 18.3 Å². The molecule has 0 aliphatic heterocycles. The van der Waals surface area contributed by atoms with Crippen LogP contribution in [-0.4, -0.2) is 32.7 Å². The molecule has 1 aliphatic rings. The Hall–Kier alpha value is -1.01. The second-order valence-corrected chi connectivity index (χ2v) is 6.25. The Morgan fingerprint density at radius 3 is 2.84 bits per heavy atom. The fraction of sp³-hybridized carbons (Fsp3) is 0.769. The molecule has 2 rings (SSSR count). The average Bonchev–Trinajstić information content (AvgIpc) is 2.88. The van der Waals surface area contributed by atoms with E-state index >= 15 is 0 Å². The van der Waals surface area contributed by atoms with Gasteiger partial charge in [0.15, 0.2) is 0 Å². The van der Waals surface area contributed by atoms with E-state index in [0.717, 1.165) is 42.9 Å². The Morgan fingerprint density at radius 2 is 2.21 bits per heavy atom. The minimum atomic E-state index is -0.743. The molecule has 106 valence electrons. The van der Waals surface area contributed by atoms with Crippen molar-refractivity contribution in [3.8, 4) is 0 Å². The average molecular weight is 283 g/mol. The molecule has 0 bridgehead atoms. The molecule has 0 radical (unpaired) electrons. The van der Waals surface area contributed by atoms with Gasteiger partial charge in [0.2, 0.25) is 0 Å². The van der Waals surface area contributed by atoms with Crippen LogP contribution in [0.3, 0.4) is 0 Å². The van der Waals surface area contributed by atoms with Crippen LogP contribution in [0.5, 0.6) is 0 Å². The highest BCUT2D eigenvalue weighted by Crippen LogP contribution is 2.31. The summed E-state index contributed by atoms with van der Waals surface area (Å²) in [5.74, 6) is 0.507. The number of nitrogens with zero attached hydrogens (tertiary/aromatic N) is 2. The molecular weight excluding hydrogens is 262 g/mol. The molecule has 0 saturated heterocycles. The number of hydrogen-bond donors (Lipinski definition) is 2. The predicted octanol–water partition coefficient (Wildman–Crippen LogP) is 1.77. The van der Waals surface area contributed by atoms with Crippen LogP contribution < -0.4 is 5.32 Å². The number of hydrogen-bond acceptors (Lipinski definition) is 5. The maximum atomic E-state index is 12.0. The van der Waals surface area contributed by atoms with E-state index in [4.69, 9.17) is 0 Å². The van der Waals surface area contributed by atoms with Crippen molar-refractivity contribution in [2.45, 2.75) is 51.6 Å². The van der Waals surface area contributed by atoms with Crippen LogP contribution in [0, 0.1) is 5.92 Å². The molecule has 1 aliphatic carbocycles. The summed E-state index contributed by atoms with van der Waals surface area (Å²) in [5, 5.41) is 17.2. The summed E-state index contributed by atoms with van der Waals surface area (Å²) in [6, 6.07) is 0. The number of aromatic nitrogens is 2. The van der Waals surface area contributed by atoms with Gasteiger partial charge in [-0.25, -0.2) is 0 Å². The molecule has 1 saturated carbocycles. The van der Waals surface area contributed by atoms with Crippen LogP contribution >= 0.6 is 11.5 Å². The van der Waals surface area contributed by atoms with Gasteiger partial charge in [-0.05, 0) is 49.6 Å². The van der Waals surface area contributed by atoms with Crippen molar-refractivity contribution >= 4 is 17.4 Å². The summed E-state index contributed by atoms with van der Waals surface area (Å²) in [5.41, 5.74) is -0.0149. The maximum Gasteiger partial charge on any atom is 0.265 e. The van der Waals surface area contributed by atoms with Crippen molar-refractivity contribution in [3.63, 3.8) is 0 Å². The standard InChI is InChI=1S/C13H21N3O2S/c1-3-10-11(19-16-15-10)12(17)14-8-13(18)6-4-9(2)5-7-13/h9,18H,3-8H2,1-2H3,(H,14,17). The van der Waals surface area contributed by atoms with Gasteiger partial charge in [0.1, 0.15) is 4.88 Å². The highest BCUT2D eigenvalue weighted by Gasteiger charge is 2.32. The topological polar surface area (TPSA) is 75.1 Å². The van der Waals surface area contributed by atoms with Gasteiger partial charge in [0.25, 0.3) is 5.91 Å². The highest BCUT2D eigenvalue weighted by atomic mass is 32.1. The minimum absolute atomic E-state index is 0.168.